The standard InChI is InChI=1S/C46H35N/c1-32-15-9-13-23-43(32)47(44-24-14-10-16-33(44)2)38-28-25-34(26-29-38)37-27-30-41-42(31-37)46(36-19-7-4-8-20-36)40-22-12-11-21-39(40)45(41)35-17-5-3-6-18-35/h3-31H,1-2H3. The van der Waals surface area contributed by atoms with E-state index in [1.54, 1.807) is 0 Å². The van der Waals surface area contributed by atoms with Gasteiger partial charge in [-0.1, -0.05) is 146 Å². The minimum absolute atomic E-state index is 1.14. The van der Waals surface area contributed by atoms with Crippen LogP contribution >= 0.6 is 0 Å². The highest BCUT2D eigenvalue weighted by molar-refractivity contribution is 6.21. The van der Waals surface area contributed by atoms with E-state index in [1.165, 1.54) is 77.4 Å². The first kappa shape index (κ1) is 28.5. The van der Waals surface area contributed by atoms with Gasteiger partial charge in [-0.05, 0) is 110 Å². The van der Waals surface area contributed by atoms with Crippen LogP contribution in [0.4, 0.5) is 17.1 Å². The van der Waals surface area contributed by atoms with Gasteiger partial charge in [0.25, 0.3) is 0 Å². The molecule has 0 aliphatic carbocycles. The second-order valence-electron chi connectivity index (χ2n) is 12.2. The Morgan fingerprint density at radius 2 is 0.745 bits per heavy atom. The summed E-state index contributed by atoms with van der Waals surface area (Å²) in [7, 11) is 0. The summed E-state index contributed by atoms with van der Waals surface area (Å²) in [6.07, 6.45) is 0. The summed E-state index contributed by atoms with van der Waals surface area (Å²) in [5.74, 6) is 0. The molecule has 0 radical (unpaired) electrons. The molecule has 0 saturated carbocycles. The van der Waals surface area contributed by atoms with Gasteiger partial charge in [-0.15, -0.1) is 0 Å². The molecule has 0 aromatic heterocycles. The van der Waals surface area contributed by atoms with E-state index in [1.807, 2.05) is 0 Å². The smallest absolute Gasteiger partial charge is 0.0490 e. The summed E-state index contributed by atoms with van der Waals surface area (Å²) in [5, 5.41) is 5.07. The molecule has 8 aromatic carbocycles. The zero-order valence-electron chi connectivity index (χ0n) is 26.7. The van der Waals surface area contributed by atoms with Crippen LogP contribution < -0.4 is 4.90 Å². The number of anilines is 3. The zero-order chi connectivity index (χ0) is 31.7. The Balaban J connectivity index is 1.32. The number of aryl methyl sites for hydroxylation is 2. The van der Waals surface area contributed by atoms with Gasteiger partial charge in [-0.25, -0.2) is 0 Å². The summed E-state index contributed by atoms with van der Waals surface area (Å²) in [6.45, 7) is 4.36. The van der Waals surface area contributed by atoms with Crippen molar-refractivity contribution in [3.8, 4) is 33.4 Å². The summed E-state index contributed by atoms with van der Waals surface area (Å²) in [6, 6.07) is 63.8. The summed E-state index contributed by atoms with van der Waals surface area (Å²) >= 11 is 0. The molecule has 8 rings (SSSR count). The number of para-hydroxylation sites is 2. The molecule has 0 saturated heterocycles. The highest BCUT2D eigenvalue weighted by Gasteiger charge is 2.19. The molecule has 0 heterocycles. The molecule has 0 fully saturated rings. The Hall–Kier alpha value is -5.92. The Kier molecular flexibility index (Phi) is 7.36. The third kappa shape index (κ3) is 5.16. The van der Waals surface area contributed by atoms with Gasteiger partial charge < -0.3 is 4.90 Å². The molecule has 224 valence electrons. The minimum atomic E-state index is 1.14. The van der Waals surface area contributed by atoms with Gasteiger partial charge in [0.1, 0.15) is 0 Å². The number of hydrogen-bond acceptors (Lipinski definition) is 1. The first-order chi connectivity index (χ1) is 23.2. The fourth-order valence-corrected chi connectivity index (χ4v) is 7.03. The fourth-order valence-electron chi connectivity index (χ4n) is 7.03. The number of benzene rings is 8. The normalized spacial score (nSPS) is 11.2. The Morgan fingerprint density at radius 3 is 1.28 bits per heavy atom. The van der Waals surface area contributed by atoms with Crippen molar-refractivity contribution in [1.29, 1.82) is 0 Å². The average molecular weight is 602 g/mol. The van der Waals surface area contributed by atoms with Crippen LogP contribution in [0.2, 0.25) is 0 Å². The van der Waals surface area contributed by atoms with Crippen LogP contribution in [0.15, 0.2) is 176 Å². The molecule has 0 atom stereocenters. The van der Waals surface area contributed by atoms with Crippen molar-refractivity contribution in [2.45, 2.75) is 13.8 Å². The van der Waals surface area contributed by atoms with Crippen LogP contribution in [0.5, 0.6) is 0 Å². The Bertz CT molecular complexity index is 2310. The molecule has 0 aliphatic heterocycles. The van der Waals surface area contributed by atoms with Crippen molar-refractivity contribution < 1.29 is 0 Å². The first-order valence-electron chi connectivity index (χ1n) is 16.3. The second-order valence-corrected chi connectivity index (χ2v) is 12.2. The molecule has 0 bridgehead atoms. The molecule has 0 spiro atoms. The third-order valence-electron chi connectivity index (χ3n) is 9.32. The SMILES string of the molecule is Cc1ccccc1N(c1ccc(-c2ccc3c(-c4ccccc4)c4ccccc4c(-c4ccccc4)c3c2)cc1)c1ccccc1C. The third-order valence-corrected chi connectivity index (χ3v) is 9.32. The number of fused-ring (bicyclic) bond motifs is 2. The van der Waals surface area contributed by atoms with Crippen LogP contribution in [-0.4, -0.2) is 0 Å². The maximum Gasteiger partial charge on any atom is 0.0490 e. The van der Waals surface area contributed by atoms with Crippen LogP contribution in [0, 0.1) is 13.8 Å². The summed E-state index contributed by atoms with van der Waals surface area (Å²) in [4.78, 5) is 2.38. The summed E-state index contributed by atoms with van der Waals surface area (Å²) in [5.41, 5.74) is 13.4. The number of nitrogens with zero attached hydrogens (tertiary/aromatic N) is 1. The van der Waals surface area contributed by atoms with Crippen molar-refractivity contribution in [2.24, 2.45) is 0 Å². The first-order valence-corrected chi connectivity index (χ1v) is 16.3. The van der Waals surface area contributed by atoms with E-state index in [-0.39, 0.29) is 0 Å². The lowest BCUT2D eigenvalue weighted by molar-refractivity contribution is 1.23. The van der Waals surface area contributed by atoms with Gasteiger partial charge in [0, 0.05) is 17.1 Å². The Labute approximate surface area is 277 Å². The predicted octanol–water partition coefficient (Wildman–Crippen LogP) is 13.1. The molecule has 0 unspecified atom stereocenters. The molecule has 8 aromatic rings. The topological polar surface area (TPSA) is 3.24 Å². The van der Waals surface area contributed by atoms with Gasteiger partial charge in [0.15, 0.2) is 0 Å². The number of hydrogen-bond donors (Lipinski definition) is 0. The highest BCUT2D eigenvalue weighted by atomic mass is 15.1. The average Bonchev–Trinajstić information content (AvgIpc) is 3.13. The van der Waals surface area contributed by atoms with Gasteiger partial charge >= 0.3 is 0 Å². The maximum absolute atomic E-state index is 2.39. The van der Waals surface area contributed by atoms with Gasteiger partial charge in [-0.2, -0.15) is 0 Å². The molecule has 1 heteroatoms. The largest absolute Gasteiger partial charge is 0.310 e. The van der Waals surface area contributed by atoms with Crippen molar-refractivity contribution in [1.82, 2.24) is 0 Å². The van der Waals surface area contributed by atoms with E-state index < -0.39 is 0 Å². The molecule has 47 heavy (non-hydrogen) atoms. The molecule has 0 aliphatic rings. The van der Waals surface area contributed by atoms with E-state index in [2.05, 4.69) is 195 Å². The van der Waals surface area contributed by atoms with Crippen molar-refractivity contribution in [3.63, 3.8) is 0 Å². The fraction of sp³-hybridized carbons (Fsp3) is 0.0435. The lowest BCUT2D eigenvalue weighted by atomic mass is 9.85. The molecule has 1 nitrogen and oxygen atoms in total. The lowest BCUT2D eigenvalue weighted by Crippen LogP contribution is -2.12. The van der Waals surface area contributed by atoms with Crippen LogP contribution in [-0.2, 0) is 0 Å². The lowest BCUT2D eigenvalue weighted by Gasteiger charge is -2.28. The van der Waals surface area contributed by atoms with Gasteiger partial charge in [0.2, 0.25) is 0 Å². The second kappa shape index (κ2) is 12.1. The molecule has 0 N–H and O–H groups in total. The van der Waals surface area contributed by atoms with E-state index in [4.69, 9.17) is 0 Å². The van der Waals surface area contributed by atoms with Crippen molar-refractivity contribution >= 4 is 38.6 Å². The zero-order valence-corrected chi connectivity index (χ0v) is 26.7. The quantitative estimate of drug-likeness (QED) is 0.171. The van der Waals surface area contributed by atoms with Crippen LogP contribution in [0.25, 0.3) is 54.9 Å². The van der Waals surface area contributed by atoms with E-state index in [9.17, 15) is 0 Å². The van der Waals surface area contributed by atoms with Gasteiger partial charge in [-0.3, -0.25) is 0 Å². The van der Waals surface area contributed by atoms with E-state index >= 15 is 0 Å². The highest BCUT2D eigenvalue weighted by Crippen LogP contribution is 2.45. The van der Waals surface area contributed by atoms with Crippen molar-refractivity contribution in [3.05, 3.63) is 187 Å². The van der Waals surface area contributed by atoms with Gasteiger partial charge in [0.05, 0.1) is 0 Å². The van der Waals surface area contributed by atoms with Crippen LogP contribution in [0.3, 0.4) is 0 Å². The molecular weight excluding hydrogens is 567 g/mol. The Morgan fingerprint density at radius 1 is 0.319 bits per heavy atom. The maximum atomic E-state index is 2.39. The molecular formula is C46H35N. The van der Waals surface area contributed by atoms with E-state index in [0.29, 0.717) is 0 Å². The molecule has 0 amide bonds. The van der Waals surface area contributed by atoms with E-state index in [0.717, 1.165) is 5.69 Å². The van der Waals surface area contributed by atoms with Crippen molar-refractivity contribution in [2.75, 3.05) is 4.90 Å². The summed E-state index contributed by atoms with van der Waals surface area (Å²) < 4.78 is 0. The minimum Gasteiger partial charge on any atom is -0.310 e. The number of rotatable bonds is 6. The monoisotopic (exact) mass is 601 g/mol. The predicted molar refractivity (Wildman–Crippen MR) is 202 cm³/mol. The van der Waals surface area contributed by atoms with Crippen LogP contribution in [0.1, 0.15) is 11.1 Å².